The van der Waals surface area contributed by atoms with Gasteiger partial charge in [-0.15, -0.1) is 0 Å². The van der Waals surface area contributed by atoms with Crippen molar-refractivity contribution in [3.8, 4) is 11.8 Å². The predicted octanol–water partition coefficient (Wildman–Crippen LogP) is 5.08. The van der Waals surface area contributed by atoms with Gasteiger partial charge in [-0.05, 0) is 55.0 Å². The largest absolute Gasteiger partial charge is 0.484 e. The van der Waals surface area contributed by atoms with Crippen molar-refractivity contribution in [2.24, 2.45) is 11.1 Å². The topological polar surface area (TPSA) is 114 Å². The Hall–Kier alpha value is -4.05. The van der Waals surface area contributed by atoms with Crippen LogP contribution in [0.3, 0.4) is 0 Å². The van der Waals surface area contributed by atoms with Crippen molar-refractivity contribution in [1.82, 2.24) is 0 Å². The molecule has 0 spiro atoms. The van der Waals surface area contributed by atoms with Gasteiger partial charge in [0.2, 0.25) is 5.88 Å². The van der Waals surface area contributed by atoms with Crippen molar-refractivity contribution in [3.05, 3.63) is 81.4 Å². The minimum absolute atomic E-state index is 0.0328. The van der Waals surface area contributed by atoms with Crippen LogP contribution in [0.1, 0.15) is 54.9 Å². The number of nitriles is 1. The number of benzene rings is 2. The highest BCUT2D eigenvalue weighted by molar-refractivity contribution is 6.00. The molecule has 0 fully saturated rings. The maximum absolute atomic E-state index is 13.1. The van der Waals surface area contributed by atoms with Crippen LogP contribution < -0.4 is 15.8 Å². The second-order valence-corrected chi connectivity index (χ2v) is 10.4. The van der Waals surface area contributed by atoms with Crippen molar-refractivity contribution in [2.45, 2.75) is 53.4 Å². The van der Waals surface area contributed by atoms with Gasteiger partial charge in [0.1, 0.15) is 23.2 Å². The lowest BCUT2D eigenvalue weighted by molar-refractivity contribution is -0.119. The molecule has 0 radical (unpaired) electrons. The summed E-state index contributed by atoms with van der Waals surface area (Å²) in [6.07, 6.45) is 0.945. The number of ketones is 1. The molecule has 1 atom stereocenters. The summed E-state index contributed by atoms with van der Waals surface area (Å²) in [7, 11) is 0. The number of aryl methyl sites for hydroxylation is 3. The fourth-order valence-electron chi connectivity index (χ4n) is 5.08. The summed E-state index contributed by atoms with van der Waals surface area (Å²) in [5, 5.41) is 12.7. The van der Waals surface area contributed by atoms with Gasteiger partial charge < -0.3 is 20.5 Å². The molecule has 7 heteroatoms. The molecular weight excluding hydrogens is 454 g/mol. The van der Waals surface area contributed by atoms with Crippen LogP contribution in [0.5, 0.6) is 5.75 Å². The molecule has 7 nitrogen and oxygen atoms in total. The number of amides is 1. The first kappa shape index (κ1) is 25.1. The maximum atomic E-state index is 13.1. The van der Waals surface area contributed by atoms with Crippen molar-refractivity contribution in [1.29, 1.82) is 5.26 Å². The van der Waals surface area contributed by atoms with E-state index in [1.165, 1.54) is 0 Å². The van der Waals surface area contributed by atoms with E-state index < -0.39 is 5.92 Å². The third-order valence-corrected chi connectivity index (χ3v) is 6.60. The molecule has 2 aromatic carbocycles. The molecule has 1 amide bonds. The molecule has 2 aromatic rings. The maximum Gasteiger partial charge on any atom is 0.262 e. The van der Waals surface area contributed by atoms with Gasteiger partial charge in [-0.25, -0.2) is 0 Å². The van der Waals surface area contributed by atoms with E-state index in [4.69, 9.17) is 15.2 Å². The predicted molar refractivity (Wildman–Crippen MR) is 137 cm³/mol. The number of hydrogen-bond acceptors (Lipinski definition) is 6. The lowest BCUT2D eigenvalue weighted by Crippen LogP contribution is -2.33. The van der Waals surface area contributed by atoms with Crippen LogP contribution in [0.25, 0.3) is 0 Å². The average Bonchev–Trinajstić information content (AvgIpc) is 2.78. The molecule has 1 aliphatic carbocycles. The number of rotatable bonds is 5. The zero-order valence-corrected chi connectivity index (χ0v) is 21.3. The smallest absolute Gasteiger partial charge is 0.262 e. The Morgan fingerprint density at radius 2 is 1.81 bits per heavy atom. The molecule has 2 aliphatic rings. The highest BCUT2D eigenvalue weighted by Gasteiger charge is 2.42. The Balaban J connectivity index is 1.51. The molecule has 4 rings (SSSR count). The molecule has 1 aliphatic heterocycles. The van der Waals surface area contributed by atoms with E-state index in [9.17, 15) is 14.9 Å². The van der Waals surface area contributed by atoms with Gasteiger partial charge in [0.25, 0.3) is 5.91 Å². The van der Waals surface area contributed by atoms with Gasteiger partial charge in [0, 0.05) is 24.1 Å². The van der Waals surface area contributed by atoms with Crippen LogP contribution in [-0.4, -0.2) is 18.3 Å². The highest BCUT2D eigenvalue weighted by Crippen LogP contribution is 2.47. The third-order valence-electron chi connectivity index (χ3n) is 6.60. The van der Waals surface area contributed by atoms with Crippen molar-refractivity contribution < 1.29 is 19.1 Å². The van der Waals surface area contributed by atoms with Crippen LogP contribution in [0, 0.1) is 37.5 Å². The molecular formula is C29H31N3O4. The number of ether oxygens (including phenoxy) is 2. The summed E-state index contributed by atoms with van der Waals surface area (Å²) < 4.78 is 11.4. The first-order valence-corrected chi connectivity index (χ1v) is 11.9. The van der Waals surface area contributed by atoms with Gasteiger partial charge in [0.15, 0.2) is 12.4 Å². The zero-order chi connectivity index (χ0) is 26.2. The summed E-state index contributed by atoms with van der Waals surface area (Å²) in [4.78, 5) is 25.6. The molecule has 1 heterocycles. The second kappa shape index (κ2) is 9.54. The fraction of sp³-hybridized carbons (Fsp3) is 0.345. The molecule has 186 valence electrons. The van der Waals surface area contributed by atoms with E-state index in [-0.39, 0.29) is 35.2 Å². The standard InChI is InChI=1S/C29H31N3O4/c1-16-10-17(2)27(18(3)11-16)32-24(34)15-35-20-8-6-19(7-9-20)25-21(14-30)28(31)36-23-13-29(4,5)12-22(33)26(23)25/h6-11,25H,12-13,15,31H2,1-5H3,(H,32,34). The summed E-state index contributed by atoms with van der Waals surface area (Å²) in [5.74, 6) is 0.185. The third kappa shape index (κ3) is 4.99. The van der Waals surface area contributed by atoms with Crippen LogP contribution in [0.2, 0.25) is 0 Å². The van der Waals surface area contributed by atoms with Gasteiger partial charge in [-0.2, -0.15) is 5.26 Å². The molecule has 0 saturated heterocycles. The fourth-order valence-corrected chi connectivity index (χ4v) is 5.08. The van der Waals surface area contributed by atoms with Gasteiger partial charge in [-0.3, -0.25) is 9.59 Å². The van der Waals surface area contributed by atoms with Crippen molar-refractivity contribution in [3.63, 3.8) is 0 Å². The summed E-state index contributed by atoms with van der Waals surface area (Å²) in [6, 6.07) is 13.2. The minimum Gasteiger partial charge on any atom is -0.484 e. The Kier molecular flexibility index (Phi) is 6.64. The van der Waals surface area contributed by atoms with Crippen LogP contribution in [0.4, 0.5) is 5.69 Å². The van der Waals surface area contributed by atoms with E-state index in [2.05, 4.69) is 11.4 Å². The van der Waals surface area contributed by atoms with E-state index in [1.54, 1.807) is 24.3 Å². The lowest BCUT2D eigenvalue weighted by atomic mass is 9.70. The van der Waals surface area contributed by atoms with Gasteiger partial charge >= 0.3 is 0 Å². The van der Waals surface area contributed by atoms with E-state index in [1.807, 2.05) is 46.8 Å². The SMILES string of the molecule is Cc1cc(C)c(NC(=O)COc2ccc(C3C(C#N)=C(N)OC4=C3C(=O)CC(C)(C)C4)cc2)c(C)c1. The Morgan fingerprint density at radius 3 is 2.42 bits per heavy atom. The number of carbonyl (C=O) groups excluding carboxylic acids is 2. The number of nitrogens with one attached hydrogen (secondary N) is 1. The monoisotopic (exact) mass is 485 g/mol. The van der Waals surface area contributed by atoms with E-state index >= 15 is 0 Å². The van der Waals surface area contributed by atoms with E-state index in [0.717, 1.165) is 27.9 Å². The normalized spacial score (nSPS) is 18.8. The van der Waals surface area contributed by atoms with Gasteiger partial charge in [0.05, 0.1) is 5.92 Å². The molecule has 3 N–H and O–H groups in total. The highest BCUT2D eigenvalue weighted by atomic mass is 16.5. The minimum atomic E-state index is -0.591. The number of nitrogens with two attached hydrogens (primary N) is 1. The van der Waals surface area contributed by atoms with Crippen molar-refractivity contribution >= 4 is 17.4 Å². The Labute approximate surface area is 211 Å². The summed E-state index contributed by atoms with van der Waals surface area (Å²) in [5.41, 5.74) is 11.2. The van der Waals surface area contributed by atoms with E-state index in [0.29, 0.717) is 29.9 Å². The molecule has 1 unspecified atom stereocenters. The lowest BCUT2D eigenvalue weighted by Gasteiger charge is -2.37. The molecule has 0 aromatic heterocycles. The first-order chi connectivity index (χ1) is 17.0. The van der Waals surface area contributed by atoms with Crippen LogP contribution in [-0.2, 0) is 14.3 Å². The molecule has 0 saturated carbocycles. The second-order valence-electron chi connectivity index (χ2n) is 10.4. The number of allylic oxidation sites excluding steroid dienone is 3. The number of carbonyl (C=O) groups is 2. The first-order valence-electron chi connectivity index (χ1n) is 11.9. The Bertz CT molecular complexity index is 1320. The zero-order valence-electron chi connectivity index (χ0n) is 21.3. The molecule has 0 bridgehead atoms. The Morgan fingerprint density at radius 1 is 1.17 bits per heavy atom. The summed E-state index contributed by atoms with van der Waals surface area (Å²) in [6.45, 7) is 9.81. The number of nitrogens with zero attached hydrogens (tertiary/aromatic N) is 1. The average molecular weight is 486 g/mol. The quantitative estimate of drug-likeness (QED) is 0.610. The van der Waals surface area contributed by atoms with Crippen LogP contribution >= 0.6 is 0 Å². The number of anilines is 1. The molecule has 36 heavy (non-hydrogen) atoms. The van der Waals surface area contributed by atoms with Gasteiger partial charge in [-0.1, -0.05) is 43.7 Å². The number of Topliss-reactive ketones (excluding diaryl/α,β-unsaturated/α-hetero) is 1. The van der Waals surface area contributed by atoms with Crippen LogP contribution in [0.15, 0.2) is 59.2 Å². The number of hydrogen-bond donors (Lipinski definition) is 2. The summed E-state index contributed by atoms with van der Waals surface area (Å²) >= 11 is 0. The van der Waals surface area contributed by atoms with Crippen molar-refractivity contribution in [2.75, 3.05) is 11.9 Å².